The minimum atomic E-state index is -0.440. The molecule has 0 radical (unpaired) electrons. The zero-order valence-corrected chi connectivity index (χ0v) is 13.8. The average Bonchev–Trinajstić information content (AvgIpc) is 2.68. The van der Waals surface area contributed by atoms with Crippen LogP contribution in [0.5, 0.6) is 5.75 Å². The van der Waals surface area contributed by atoms with Crippen LogP contribution in [0.15, 0.2) is 72.8 Å². The van der Waals surface area contributed by atoms with Gasteiger partial charge in [-0.15, -0.1) is 0 Å². The standard InChI is InChI=1S/C22H15NO3/c24-13-19-16-9-3-4-10-17(16)21(25)12-18(19)22(26)23-20-11-5-7-14-6-1-2-8-15(14)20/h1-13,25H,(H,23,26). The number of nitrogens with one attached hydrogen (secondary N) is 1. The Morgan fingerprint density at radius 1 is 0.846 bits per heavy atom. The van der Waals surface area contributed by atoms with Crippen molar-refractivity contribution in [2.75, 3.05) is 5.32 Å². The molecule has 0 aromatic heterocycles. The zero-order valence-electron chi connectivity index (χ0n) is 13.8. The van der Waals surface area contributed by atoms with Gasteiger partial charge < -0.3 is 10.4 Å². The summed E-state index contributed by atoms with van der Waals surface area (Å²) in [6.45, 7) is 0. The summed E-state index contributed by atoms with van der Waals surface area (Å²) in [6.07, 6.45) is 0.653. The first-order valence-electron chi connectivity index (χ1n) is 8.18. The molecule has 4 nitrogen and oxygen atoms in total. The molecule has 0 spiro atoms. The molecule has 0 aliphatic carbocycles. The second kappa shape index (κ2) is 6.33. The number of phenolic OH excluding ortho intramolecular Hbond substituents is 1. The molecule has 0 heterocycles. The Morgan fingerprint density at radius 3 is 2.27 bits per heavy atom. The highest BCUT2D eigenvalue weighted by atomic mass is 16.3. The SMILES string of the molecule is O=Cc1c(C(=O)Nc2cccc3ccccc23)cc(O)c2ccccc12. The average molecular weight is 341 g/mol. The maximum absolute atomic E-state index is 12.9. The van der Waals surface area contributed by atoms with E-state index in [0.29, 0.717) is 22.7 Å². The Bertz CT molecular complexity index is 1160. The van der Waals surface area contributed by atoms with E-state index in [1.807, 2.05) is 42.5 Å². The number of anilines is 1. The highest BCUT2D eigenvalue weighted by Crippen LogP contribution is 2.31. The van der Waals surface area contributed by atoms with Crippen molar-refractivity contribution in [3.8, 4) is 5.75 Å². The molecule has 0 fully saturated rings. The Morgan fingerprint density at radius 2 is 1.50 bits per heavy atom. The molecule has 0 aliphatic heterocycles. The maximum atomic E-state index is 12.9. The van der Waals surface area contributed by atoms with Crippen LogP contribution in [0.25, 0.3) is 21.5 Å². The number of carbonyl (C=O) groups excluding carboxylic acids is 2. The Kier molecular flexibility index (Phi) is 3.86. The minimum absolute atomic E-state index is 0.0331. The lowest BCUT2D eigenvalue weighted by molar-refractivity contribution is 0.101. The molecule has 0 saturated heterocycles. The van der Waals surface area contributed by atoms with Crippen LogP contribution in [0.1, 0.15) is 20.7 Å². The third-order valence-electron chi connectivity index (χ3n) is 4.46. The minimum Gasteiger partial charge on any atom is -0.507 e. The van der Waals surface area contributed by atoms with Crippen LogP contribution in [-0.4, -0.2) is 17.3 Å². The number of aromatic hydroxyl groups is 1. The Labute approximate surface area is 149 Å². The van der Waals surface area contributed by atoms with Gasteiger partial charge in [-0.05, 0) is 22.9 Å². The van der Waals surface area contributed by atoms with Crippen molar-refractivity contribution in [2.24, 2.45) is 0 Å². The molecule has 4 rings (SSSR count). The number of rotatable bonds is 3. The molecule has 4 aromatic rings. The molecular weight excluding hydrogens is 326 g/mol. The van der Waals surface area contributed by atoms with Crippen LogP contribution >= 0.6 is 0 Å². The van der Waals surface area contributed by atoms with Gasteiger partial charge in [0.2, 0.25) is 0 Å². The lowest BCUT2D eigenvalue weighted by atomic mass is 9.98. The normalized spacial score (nSPS) is 10.8. The summed E-state index contributed by atoms with van der Waals surface area (Å²) in [5.41, 5.74) is 1.05. The maximum Gasteiger partial charge on any atom is 0.256 e. The summed E-state index contributed by atoms with van der Waals surface area (Å²) in [6, 6.07) is 21.6. The second-order valence-electron chi connectivity index (χ2n) is 6.00. The zero-order chi connectivity index (χ0) is 18.1. The van der Waals surface area contributed by atoms with Crippen molar-refractivity contribution in [1.82, 2.24) is 0 Å². The van der Waals surface area contributed by atoms with E-state index in [4.69, 9.17) is 0 Å². The van der Waals surface area contributed by atoms with Gasteiger partial charge in [0, 0.05) is 22.0 Å². The first-order valence-corrected chi connectivity index (χ1v) is 8.18. The van der Waals surface area contributed by atoms with Gasteiger partial charge in [-0.1, -0.05) is 60.7 Å². The van der Waals surface area contributed by atoms with E-state index in [2.05, 4.69) is 5.32 Å². The summed E-state index contributed by atoms with van der Waals surface area (Å²) >= 11 is 0. The molecule has 0 bridgehead atoms. The van der Waals surface area contributed by atoms with E-state index < -0.39 is 5.91 Å². The monoisotopic (exact) mass is 341 g/mol. The van der Waals surface area contributed by atoms with Crippen molar-refractivity contribution in [1.29, 1.82) is 0 Å². The number of amides is 1. The van der Waals surface area contributed by atoms with Crippen molar-refractivity contribution < 1.29 is 14.7 Å². The molecule has 0 saturated carbocycles. The molecule has 2 N–H and O–H groups in total. The molecule has 0 atom stereocenters. The summed E-state index contributed by atoms with van der Waals surface area (Å²) in [5.74, 6) is -0.473. The second-order valence-corrected chi connectivity index (χ2v) is 6.00. The number of hydrogen-bond acceptors (Lipinski definition) is 3. The van der Waals surface area contributed by atoms with E-state index >= 15 is 0 Å². The van der Waals surface area contributed by atoms with Crippen LogP contribution in [-0.2, 0) is 0 Å². The third-order valence-corrected chi connectivity index (χ3v) is 4.46. The number of phenols is 1. The van der Waals surface area contributed by atoms with Crippen molar-refractivity contribution in [2.45, 2.75) is 0 Å². The number of benzene rings is 4. The highest BCUT2D eigenvalue weighted by molar-refractivity contribution is 6.16. The number of fused-ring (bicyclic) bond motifs is 2. The first-order chi connectivity index (χ1) is 12.7. The topological polar surface area (TPSA) is 66.4 Å². The summed E-state index contributed by atoms with van der Waals surface area (Å²) in [5, 5.41) is 16.1. The van der Waals surface area contributed by atoms with Crippen LogP contribution in [0.4, 0.5) is 5.69 Å². The van der Waals surface area contributed by atoms with Gasteiger partial charge in [-0.25, -0.2) is 0 Å². The molecule has 0 aliphatic rings. The predicted molar refractivity (Wildman–Crippen MR) is 103 cm³/mol. The first kappa shape index (κ1) is 15.8. The Balaban J connectivity index is 1.82. The van der Waals surface area contributed by atoms with Crippen molar-refractivity contribution in [3.63, 3.8) is 0 Å². The molecule has 0 unspecified atom stereocenters. The summed E-state index contributed by atoms with van der Waals surface area (Å²) in [7, 11) is 0. The van der Waals surface area contributed by atoms with E-state index in [0.717, 1.165) is 10.8 Å². The molecule has 1 amide bonds. The van der Waals surface area contributed by atoms with Gasteiger partial charge in [0.1, 0.15) is 5.75 Å². The number of aldehydes is 1. The van der Waals surface area contributed by atoms with E-state index in [1.165, 1.54) is 6.07 Å². The molecule has 26 heavy (non-hydrogen) atoms. The van der Waals surface area contributed by atoms with Crippen LogP contribution < -0.4 is 5.32 Å². The molecule has 4 aromatic carbocycles. The fourth-order valence-corrected chi connectivity index (χ4v) is 3.22. The summed E-state index contributed by atoms with van der Waals surface area (Å²) in [4.78, 5) is 24.5. The van der Waals surface area contributed by atoms with Crippen molar-refractivity contribution >= 4 is 39.4 Å². The van der Waals surface area contributed by atoms with E-state index in [-0.39, 0.29) is 16.9 Å². The van der Waals surface area contributed by atoms with Gasteiger partial charge in [0.05, 0.1) is 5.56 Å². The quantitative estimate of drug-likeness (QED) is 0.528. The lowest BCUT2D eigenvalue weighted by Gasteiger charge is -2.12. The van der Waals surface area contributed by atoms with Crippen LogP contribution in [0, 0.1) is 0 Å². The van der Waals surface area contributed by atoms with Gasteiger partial charge in [-0.3, -0.25) is 9.59 Å². The fourth-order valence-electron chi connectivity index (χ4n) is 3.22. The largest absolute Gasteiger partial charge is 0.507 e. The summed E-state index contributed by atoms with van der Waals surface area (Å²) < 4.78 is 0. The smallest absolute Gasteiger partial charge is 0.256 e. The van der Waals surface area contributed by atoms with Crippen molar-refractivity contribution in [3.05, 3.63) is 83.9 Å². The van der Waals surface area contributed by atoms with Gasteiger partial charge in [0.15, 0.2) is 6.29 Å². The number of hydrogen-bond donors (Lipinski definition) is 2. The van der Waals surface area contributed by atoms with Crippen LogP contribution in [0.3, 0.4) is 0 Å². The van der Waals surface area contributed by atoms with E-state index in [1.54, 1.807) is 24.3 Å². The third kappa shape index (κ3) is 2.58. The molecular formula is C22H15NO3. The lowest BCUT2D eigenvalue weighted by Crippen LogP contribution is -2.14. The predicted octanol–water partition coefficient (Wildman–Crippen LogP) is 4.76. The number of carbonyl (C=O) groups is 2. The van der Waals surface area contributed by atoms with Crippen LogP contribution in [0.2, 0.25) is 0 Å². The Hall–Kier alpha value is -3.66. The molecule has 4 heteroatoms. The van der Waals surface area contributed by atoms with Gasteiger partial charge in [-0.2, -0.15) is 0 Å². The molecule has 126 valence electrons. The fraction of sp³-hybridized carbons (Fsp3) is 0. The van der Waals surface area contributed by atoms with E-state index in [9.17, 15) is 14.7 Å². The van der Waals surface area contributed by atoms with Gasteiger partial charge in [0.25, 0.3) is 5.91 Å². The highest BCUT2D eigenvalue weighted by Gasteiger charge is 2.17. The van der Waals surface area contributed by atoms with Gasteiger partial charge >= 0.3 is 0 Å².